The normalized spacial score (nSPS) is 18.8. The fourth-order valence-corrected chi connectivity index (χ4v) is 5.14. The molecule has 1 aliphatic rings. The average Bonchev–Trinajstić information content (AvgIpc) is 2.80. The first-order valence-electron chi connectivity index (χ1n) is 12.3. The minimum absolute atomic E-state index is 0.115. The van der Waals surface area contributed by atoms with Crippen LogP contribution in [0.15, 0.2) is 23.1 Å². The van der Waals surface area contributed by atoms with E-state index in [4.69, 9.17) is 23.2 Å². The first kappa shape index (κ1) is 24.9. The molecule has 0 bridgehead atoms. The Balaban J connectivity index is 2.06. The maximum absolute atomic E-state index is 13.8. The Hall–Kier alpha value is -2.18. The summed E-state index contributed by atoms with van der Waals surface area (Å²) in [5.41, 5.74) is 2.78. The van der Waals surface area contributed by atoms with Gasteiger partial charge in [0.15, 0.2) is 5.65 Å². The van der Waals surface area contributed by atoms with Crippen molar-refractivity contribution in [3.8, 4) is 5.69 Å². The van der Waals surface area contributed by atoms with Crippen LogP contribution in [-0.4, -0.2) is 32.1 Å². The van der Waals surface area contributed by atoms with Crippen LogP contribution in [0.1, 0.15) is 77.5 Å². The predicted octanol–water partition coefficient (Wildman–Crippen LogP) is 6.57. The van der Waals surface area contributed by atoms with E-state index in [1.807, 2.05) is 12.3 Å². The quantitative estimate of drug-likeness (QED) is 0.357. The lowest BCUT2D eigenvalue weighted by atomic mass is 9.95. The van der Waals surface area contributed by atoms with Crippen molar-refractivity contribution in [3.05, 3.63) is 50.2 Å². The molecule has 1 fully saturated rings. The molecule has 6 nitrogen and oxygen atoms in total. The summed E-state index contributed by atoms with van der Waals surface area (Å²) in [5.74, 6) is 1.26. The van der Waals surface area contributed by atoms with Crippen LogP contribution < -0.4 is 10.6 Å². The second kappa shape index (κ2) is 10.2. The molecule has 0 saturated carbocycles. The molecule has 4 heterocycles. The van der Waals surface area contributed by atoms with Crippen molar-refractivity contribution < 1.29 is 0 Å². The molecular formula is C26H33Cl2N5O. The number of rotatable bonds is 6. The van der Waals surface area contributed by atoms with Crippen LogP contribution in [0.3, 0.4) is 0 Å². The van der Waals surface area contributed by atoms with Gasteiger partial charge in [-0.25, -0.2) is 14.3 Å². The standard InChI is InChI=1S/C26H33Cl2N5O/c1-6-7-8-18-11-12-29-21(15(2)3)22(18)33-25-19(13-20(27)23(28)30-25)24(31-26(33)34)32-14-16(4)9-10-17(32)5/h11-13,15-17H,6-10,14H2,1-5H3/t16-,17-/m0/s1. The van der Waals surface area contributed by atoms with Crippen molar-refractivity contribution >= 4 is 40.1 Å². The Morgan fingerprint density at radius 3 is 2.65 bits per heavy atom. The second-order valence-electron chi connectivity index (χ2n) is 9.83. The number of nitrogens with zero attached hydrogens (tertiary/aromatic N) is 5. The van der Waals surface area contributed by atoms with Crippen molar-refractivity contribution in [3.63, 3.8) is 0 Å². The molecule has 3 aromatic rings. The molecule has 3 aromatic heterocycles. The number of pyridine rings is 2. The summed E-state index contributed by atoms with van der Waals surface area (Å²) in [6.45, 7) is 11.6. The minimum atomic E-state index is -0.369. The lowest BCUT2D eigenvalue weighted by molar-refractivity contribution is 0.388. The molecule has 0 N–H and O–H groups in total. The van der Waals surface area contributed by atoms with Crippen molar-refractivity contribution in [1.82, 2.24) is 19.5 Å². The maximum Gasteiger partial charge on any atom is 0.355 e. The Morgan fingerprint density at radius 2 is 1.94 bits per heavy atom. The number of halogens is 2. The summed E-state index contributed by atoms with van der Waals surface area (Å²) in [4.78, 5) is 29.9. The van der Waals surface area contributed by atoms with Gasteiger partial charge in [-0.2, -0.15) is 4.98 Å². The highest BCUT2D eigenvalue weighted by atomic mass is 35.5. The summed E-state index contributed by atoms with van der Waals surface area (Å²) in [5, 5.41) is 1.25. The summed E-state index contributed by atoms with van der Waals surface area (Å²) in [6, 6.07) is 4.06. The molecule has 0 aromatic carbocycles. The number of unbranched alkanes of at least 4 members (excludes halogenated alkanes) is 1. The topological polar surface area (TPSA) is 63.9 Å². The van der Waals surface area contributed by atoms with Gasteiger partial charge in [0.05, 0.1) is 21.8 Å². The molecule has 4 rings (SSSR count). The van der Waals surface area contributed by atoms with Gasteiger partial charge in [0.2, 0.25) is 0 Å². The van der Waals surface area contributed by atoms with E-state index < -0.39 is 0 Å². The Morgan fingerprint density at radius 1 is 1.18 bits per heavy atom. The number of aromatic nitrogens is 4. The molecule has 0 amide bonds. The fourth-order valence-electron chi connectivity index (χ4n) is 4.85. The first-order valence-corrected chi connectivity index (χ1v) is 13.0. The van der Waals surface area contributed by atoms with Crippen LogP contribution in [-0.2, 0) is 6.42 Å². The molecule has 1 aliphatic heterocycles. The summed E-state index contributed by atoms with van der Waals surface area (Å²) in [7, 11) is 0. The number of anilines is 1. The SMILES string of the molecule is CCCCc1ccnc(C(C)C)c1-n1c(=O)nc(N2C[C@@H](C)CC[C@@H]2C)c2cc(Cl)c(Cl)nc21. The van der Waals surface area contributed by atoms with Crippen LogP contribution in [0.25, 0.3) is 16.7 Å². The van der Waals surface area contributed by atoms with Gasteiger partial charge in [0.1, 0.15) is 11.0 Å². The highest BCUT2D eigenvalue weighted by Crippen LogP contribution is 2.35. The fraction of sp³-hybridized carbons (Fsp3) is 0.538. The van der Waals surface area contributed by atoms with Gasteiger partial charge in [-0.3, -0.25) is 4.98 Å². The number of piperidine rings is 1. The monoisotopic (exact) mass is 501 g/mol. The molecule has 182 valence electrons. The van der Waals surface area contributed by atoms with E-state index in [1.165, 1.54) is 0 Å². The molecule has 0 spiro atoms. The molecule has 2 atom stereocenters. The molecule has 1 saturated heterocycles. The summed E-state index contributed by atoms with van der Waals surface area (Å²) in [6.07, 6.45) is 6.93. The van der Waals surface area contributed by atoms with E-state index in [2.05, 4.69) is 54.5 Å². The molecule has 0 aliphatic carbocycles. The van der Waals surface area contributed by atoms with Crippen molar-refractivity contribution in [2.24, 2.45) is 5.92 Å². The van der Waals surface area contributed by atoms with Crippen molar-refractivity contribution in [2.75, 3.05) is 11.4 Å². The minimum Gasteiger partial charge on any atom is -0.353 e. The third-order valence-electron chi connectivity index (χ3n) is 6.75. The Kier molecular flexibility index (Phi) is 7.48. The summed E-state index contributed by atoms with van der Waals surface area (Å²) >= 11 is 12.8. The van der Waals surface area contributed by atoms with Gasteiger partial charge in [-0.05, 0) is 62.1 Å². The molecule has 8 heteroatoms. The highest BCUT2D eigenvalue weighted by molar-refractivity contribution is 6.41. The number of fused-ring (bicyclic) bond motifs is 1. The van der Waals surface area contributed by atoms with Crippen LogP contribution >= 0.6 is 23.2 Å². The lowest BCUT2D eigenvalue weighted by Gasteiger charge is -2.38. The van der Waals surface area contributed by atoms with E-state index in [9.17, 15) is 4.79 Å². The molecule has 0 radical (unpaired) electrons. The third kappa shape index (κ3) is 4.67. The average molecular weight is 502 g/mol. The summed E-state index contributed by atoms with van der Waals surface area (Å²) < 4.78 is 1.60. The maximum atomic E-state index is 13.8. The van der Waals surface area contributed by atoms with Crippen LogP contribution in [0, 0.1) is 5.92 Å². The van der Waals surface area contributed by atoms with Gasteiger partial charge in [0.25, 0.3) is 0 Å². The zero-order valence-corrected chi connectivity index (χ0v) is 22.1. The van der Waals surface area contributed by atoms with Crippen LogP contribution in [0.2, 0.25) is 10.2 Å². The van der Waals surface area contributed by atoms with Gasteiger partial charge in [-0.1, -0.05) is 57.3 Å². The van der Waals surface area contributed by atoms with Gasteiger partial charge in [0, 0.05) is 18.8 Å². The van der Waals surface area contributed by atoms with Crippen LogP contribution in [0.4, 0.5) is 5.82 Å². The van der Waals surface area contributed by atoms with Crippen molar-refractivity contribution in [1.29, 1.82) is 0 Å². The molecule has 34 heavy (non-hydrogen) atoms. The van der Waals surface area contributed by atoms with Gasteiger partial charge < -0.3 is 4.90 Å². The molecule has 0 unspecified atom stereocenters. The lowest BCUT2D eigenvalue weighted by Crippen LogP contribution is -2.43. The van der Waals surface area contributed by atoms with E-state index in [0.29, 0.717) is 22.4 Å². The first-order chi connectivity index (χ1) is 16.2. The van der Waals surface area contributed by atoms with E-state index in [-0.39, 0.29) is 22.8 Å². The second-order valence-corrected chi connectivity index (χ2v) is 10.6. The van der Waals surface area contributed by atoms with E-state index >= 15 is 0 Å². The smallest absolute Gasteiger partial charge is 0.353 e. The zero-order valence-electron chi connectivity index (χ0n) is 20.6. The molecular weight excluding hydrogens is 469 g/mol. The predicted molar refractivity (Wildman–Crippen MR) is 141 cm³/mol. The Bertz CT molecular complexity index is 1260. The highest BCUT2D eigenvalue weighted by Gasteiger charge is 2.29. The van der Waals surface area contributed by atoms with Crippen molar-refractivity contribution in [2.45, 2.75) is 78.7 Å². The largest absolute Gasteiger partial charge is 0.355 e. The number of aryl methyl sites for hydroxylation is 1. The number of hydrogen-bond donors (Lipinski definition) is 0. The zero-order chi connectivity index (χ0) is 24.6. The van der Waals surface area contributed by atoms with E-state index in [1.54, 1.807) is 10.6 Å². The van der Waals surface area contributed by atoms with Crippen LogP contribution in [0.5, 0.6) is 0 Å². The Labute approximate surface area is 211 Å². The van der Waals surface area contributed by atoms with E-state index in [0.717, 1.165) is 61.0 Å². The van der Waals surface area contributed by atoms with Gasteiger partial charge >= 0.3 is 5.69 Å². The third-order valence-corrected chi connectivity index (χ3v) is 7.43. The number of hydrogen-bond acceptors (Lipinski definition) is 5. The van der Waals surface area contributed by atoms with Gasteiger partial charge in [-0.15, -0.1) is 0 Å².